The Morgan fingerprint density at radius 3 is 2.71 bits per heavy atom. The van der Waals surface area contributed by atoms with Crippen LogP contribution in [-0.2, 0) is 0 Å². The molecule has 0 atom stereocenters. The maximum absolute atomic E-state index is 2.33. The van der Waals surface area contributed by atoms with Gasteiger partial charge in [-0.1, -0.05) is 19.1 Å². The first-order valence-electron chi connectivity index (χ1n) is 3.10. The lowest BCUT2D eigenvalue weighted by Gasteiger charge is -1.75. The summed E-state index contributed by atoms with van der Waals surface area (Å²) in [5.74, 6) is 0.972. The molecule has 0 aromatic carbocycles. The summed E-state index contributed by atoms with van der Waals surface area (Å²) in [4.78, 5) is 0. The smallest absolute Gasteiger partial charge is 0.0233 e. The third-order valence-corrected chi connectivity index (χ3v) is 1.27. The average Bonchev–Trinajstić information content (AvgIpc) is 2.42. The Morgan fingerprint density at radius 2 is 2.29 bits per heavy atom. The van der Waals surface area contributed by atoms with E-state index >= 15 is 0 Å². The van der Waals surface area contributed by atoms with E-state index in [9.17, 15) is 0 Å². The summed E-state index contributed by atoms with van der Waals surface area (Å²) in [7, 11) is 0. The number of hydrogen-bond acceptors (Lipinski definition) is 0. The van der Waals surface area contributed by atoms with Crippen molar-refractivity contribution < 1.29 is 0 Å². The molecule has 0 saturated heterocycles. The van der Waals surface area contributed by atoms with Gasteiger partial charge in [-0.25, -0.2) is 0 Å². The Hall–Kier alpha value is -0.260. The van der Waals surface area contributed by atoms with E-state index in [2.05, 4.69) is 19.1 Å². The van der Waals surface area contributed by atoms with Gasteiger partial charge >= 0.3 is 0 Å². The van der Waals surface area contributed by atoms with E-state index in [0.717, 1.165) is 5.92 Å². The highest BCUT2D eigenvalue weighted by Gasteiger charge is 2.16. The zero-order valence-corrected chi connectivity index (χ0v) is 4.85. The molecule has 0 unspecified atom stereocenters. The van der Waals surface area contributed by atoms with Gasteiger partial charge in [0, 0.05) is 0 Å². The summed E-state index contributed by atoms with van der Waals surface area (Å²) >= 11 is 0. The average molecular weight is 96.2 g/mol. The van der Waals surface area contributed by atoms with Crippen LogP contribution in [0.15, 0.2) is 12.2 Å². The van der Waals surface area contributed by atoms with Crippen LogP contribution in [0.3, 0.4) is 0 Å². The van der Waals surface area contributed by atoms with Crippen molar-refractivity contribution in [3.63, 3.8) is 0 Å². The molecular weight excluding hydrogens is 84.1 g/mol. The minimum absolute atomic E-state index is 0.972. The fourth-order valence-electron chi connectivity index (χ4n) is 0.617. The van der Waals surface area contributed by atoms with Crippen molar-refractivity contribution in [3.05, 3.63) is 12.2 Å². The molecule has 40 valence electrons. The lowest BCUT2D eigenvalue weighted by Crippen LogP contribution is -1.59. The Bertz CT molecular complexity index is 68.1. The second-order valence-electron chi connectivity index (χ2n) is 2.17. The van der Waals surface area contributed by atoms with E-state index < -0.39 is 0 Å². The van der Waals surface area contributed by atoms with Gasteiger partial charge in [-0.2, -0.15) is 0 Å². The summed E-state index contributed by atoms with van der Waals surface area (Å²) in [6.07, 6.45) is 8.68. The first kappa shape index (κ1) is 4.89. The van der Waals surface area contributed by atoms with Gasteiger partial charge in [-0.05, 0) is 25.2 Å². The van der Waals surface area contributed by atoms with Crippen LogP contribution < -0.4 is 0 Å². The van der Waals surface area contributed by atoms with E-state index in [1.165, 1.54) is 19.3 Å². The van der Waals surface area contributed by atoms with Gasteiger partial charge in [0.2, 0.25) is 0 Å². The Labute approximate surface area is 45.2 Å². The standard InChI is InChI=1S/C7H12/c1-2-3-4-7-5-6-7/h3-4,7H,2,5-6H2,1H3/b4-3+. The van der Waals surface area contributed by atoms with Crippen molar-refractivity contribution >= 4 is 0 Å². The first-order chi connectivity index (χ1) is 3.43. The van der Waals surface area contributed by atoms with E-state index in [1.807, 2.05) is 0 Å². The van der Waals surface area contributed by atoms with Crippen LogP contribution in [0.25, 0.3) is 0 Å². The summed E-state index contributed by atoms with van der Waals surface area (Å²) in [5, 5.41) is 0. The van der Waals surface area contributed by atoms with Crippen molar-refractivity contribution in [2.75, 3.05) is 0 Å². The SMILES string of the molecule is CC/C=C/C1CC1. The first-order valence-corrected chi connectivity index (χ1v) is 3.10. The van der Waals surface area contributed by atoms with Crippen molar-refractivity contribution in [1.29, 1.82) is 0 Å². The highest BCUT2D eigenvalue weighted by Crippen LogP contribution is 2.29. The predicted octanol–water partition coefficient (Wildman–Crippen LogP) is 2.36. The predicted molar refractivity (Wildman–Crippen MR) is 32.2 cm³/mol. The molecule has 1 rings (SSSR count). The lowest BCUT2D eigenvalue weighted by atomic mass is 10.3. The minimum Gasteiger partial charge on any atom is -0.0885 e. The number of allylic oxidation sites excluding steroid dienone is 2. The lowest BCUT2D eigenvalue weighted by molar-refractivity contribution is 1.09. The molecule has 7 heavy (non-hydrogen) atoms. The quantitative estimate of drug-likeness (QED) is 0.463. The van der Waals surface area contributed by atoms with Crippen LogP contribution in [0, 0.1) is 5.92 Å². The van der Waals surface area contributed by atoms with Gasteiger partial charge in [-0.3, -0.25) is 0 Å². The Morgan fingerprint density at radius 1 is 1.57 bits per heavy atom. The van der Waals surface area contributed by atoms with Crippen molar-refractivity contribution in [2.24, 2.45) is 5.92 Å². The van der Waals surface area contributed by atoms with E-state index in [0.29, 0.717) is 0 Å². The molecule has 0 heteroatoms. The second-order valence-corrected chi connectivity index (χ2v) is 2.17. The fourth-order valence-corrected chi connectivity index (χ4v) is 0.617. The molecule has 0 radical (unpaired) electrons. The molecule has 1 aliphatic rings. The van der Waals surface area contributed by atoms with Crippen LogP contribution in [0.1, 0.15) is 26.2 Å². The van der Waals surface area contributed by atoms with E-state index in [4.69, 9.17) is 0 Å². The summed E-state index contributed by atoms with van der Waals surface area (Å²) in [6, 6.07) is 0. The van der Waals surface area contributed by atoms with Gasteiger partial charge in [0.05, 0.1) is 0 Å². The molecule has 0 aromatic heterocycles. The molecule has 0 aromatic rings. The maximum Gasteiger partial charge on any atom is -0.0233 e. The Kier molecular flexibility index (Phi) is 1.50. The van der Waals surface area contributed by atoms with Gasteiger partial charge in [0.1, 0.15) is 0 Å². The molecule has 0 amide bonds. The van der Waals surface area contributed by atoms with Gasteiger partial charge in [0.25, 0.3) is 0 Å². The summed E-state index contributed by atoms with van der Waals surface area (Å²) < 4.78 is 0. The third-order valence-electron chi connectivity index (χ3n) is 1.27. The summed E-state index contributed by atoms with van der Waals surface area (Å²) in [6.45, 7) is 2.18. The van der Waals surface area contributed by atoms with Gasteiger partial charge in [0.15, 0.2) is 0 Å². The molecule has 0 N–H and O–H groups in total. The largest absolute Gasteiger partial charge is 0.0885 e. The van der Waals surface area contributed by atoms with Crippen molar-refractivity contribution in [2.45, 2.75) is 26.2 Å². The van der Waals surface area contributed by atoms with Crippen LogP contribution in [0.5, 0.6) is 0 Å². The molecule has 1 aliphatic carbocycles. The fraction of sp³-hybridized carbons (Fsp3) is 0.714. The highest BCUT2D eigenvalue weighted by atomic mass is 14.2. The molecule has 0 nitrogen and oxygen atoms in total. The topological polar surface area (TPSA) is 0 Å². The maximum atomic E-state index is 2.33. The zero-order chi connectivity index (χ0) is 5.11. The van der Waals surface area contributed by atoms with Crippen LogP contribution >= 0.6 is 0 Å². The van der Waals surface area contributed by atoms with Gasteiger partial charge < -0.3 is 0 Å². The van der Waals surface area contributed by atoms with Crippen LogP contribution in [0.2, 0.25) is 0 Å². The molecule has 1 saturated carbocycles. The summed E-state index contributed by atoms with van der Waals surface area (Å²) in [5.41, 5.74) is 0. The monoisotopic (exact) mass is 96.1 g/mol. The van der Waals surface area contributed by atoms with Crippen molar-refractivity contribution in [3.8, 4) is 0 Å². The number of rotatable bonds is 2. The van der Waals surface area contributed by atoms with E-state index in [-0.39, 0.29) is 0 Å². The zero-order valence-electron chi connectivity index (χ0n) is 4.85. The van der Waals surface area contributed by atoms with Crippen LogP contribution in [0.4, 0.5) is 0 Å². The van der Waals surface area contributed by atoms with Gasteiger partial charge in [-0.15, -0.1) is 0 Å². The molecule has 0 spiro atoms. The molecule has 1 fully saturated rings. The normalized spacial score (nSPS) is 21.3. The Balaban J connectivity index is 2.05. The minimum atomic E-state index is 0.972. The molecule has 0 aliphatic heterocycles. The highest BCUT2D eigenvalue weighted by molar-refractivity contribution is 4.94. The third kappa shape index (κ3) is 1.77. The second kappa shape index (κ2) is 2.15. The molecule has 0 heterocycles. The van der Waals surface area contributed by atoms with Crippen LogP contribution in [-0.4, -0.2) is 0 Å². The van der Waals surface area contributed by atoms with Crippen molar-refractivity contribution in [1.82, 2.24) is 0 Å². The molecular formula is C7H12. The number of hydrogen-bond donors (Lipinski definition) is 0. The molecule has 0 bridgehead atoms. The van der Waals surface area contributed by atoms with E-state index in [1.54, 1.807) is 0 Å².